The number of hydrogen-bond acceptors (Lipinski definition) is 0. The number of hydrogen-bond donors (Lipinski definition) is 0. The van der Waals surface area contributed by atoms with E-state index in [9.17, 15) is 0 Å². The highest BCUT2D eigenvalue weighted by molar-refractivity contribution is 7.00. The zero-order chi connectivity index (χ0) is 10.2. The SMILES string of the molecule is CC#C[Si](C#CC)(C#CC)CCC. The molecule has 0 amide bonds. The summed E-state index contributed by atoms with van der Waals surface area (Å²) in [6.07, 6.45) is 1.12. The Bertz CT molecular complexity index is 269. The average molecular weight is 188 g/mol. The van der Waals surface area contributed by atoms with Crippen LogP contribution in [-0.2, 0) is 0 Å². The summed E-state index contributed by atoms with van der Waals surface area (Å²) in [4.78, 5) is 0. The Morgan fingerprint density at radius 3 is 1.46 bits per heavy atom. The Labute approximate surface area is 83.1 Å². The van der Waals surface area contributed by atoms with Gasteiger partial charge in [-0.05, 0) is 26.8 Å². The molecule has 0 bridgehead atoms. The zero-order valence-corrected chi connectivity index (χ0v) is 9.91. The van der Waals surface area contributed by atoms with Crippen molar-refractivity contribution in [3.05, 3.63) is 0 Å². The molecule has 0 aliphatic heterocycles. The van der Waals surface area contributed by atoms with E-state index in [1.54, 1.807) is 0 Å². The Kier molecular flexibility index (Phi) is 5.87. The minimum Gasteiger partial charge on any atom is -0.111 e. The van der Waals surface area contributed by atoms with Gasteiger partial charge in [-0.25, -0.2) is 0 Å². The predicted molar refractivity (Wildman–Crippen MR) is 61.2 cm³/mol. The molecule has 1 heteroatoms. The van der Waals surface area contributed by atoms with Crippen LogP contribution >= 0.6 is 0 Å². The van der Waals surface area contributed by atoms with Gasteiger partial charge in [0.05, 0.1) is 0 Å². The normalized spacial score (nSPS) is 8.31. The van der Waals surface area contributed by atoms with Crippen LogP contribution in [0.5, 0.6) is 0 Å². The van der Waals surface area contributed by atoms with Gasteiger partial charge in [-0.2, -0.15) is 0 Å². The quantitative estimate of drug-likeness (QED) is 0.461. The summed E-state index contributed by atoms with van der Waals surface area (Å²) in [5.41, 5.74) is 9.72. The van der Waals surface area contributed by atoms with Crippen molar-refractivity contribution in [1.29, 1.82) is 0 Å². The van der Waals surface area contributed by atoms with E-state index in [2.05, 4.69) is 41.3 Å². The first-order valence-corrected chi connectivity index (χ1v) is 6.77. The van der Waals surface area contributed by atoms with Crippen LogP contribution < -0.4 is 0 Å². The molecule has 0 heterocycles. The molecule has 13 heavy (non-hydrogen) atoms. The van der Waals surface area contributed by atoms with Crippen molar-refractivity contribution in [1.82, 2.24) is 0 Å². The van der Waals surface area contributed by atoms with Gasteiger partial charge >= 0.3 is 0 Å². The van der Waals surface area contributed by atoms with Gasteiger partial charge in [-0.15, -0.1) is 34.4 Å². The molecular formula is C12H16Si. The highest BCUT2D eigenvalue weighted by Gasteiger charge is 2.25. The minimum atomic E-state index is -1.88. The summed E-state index contributed by atoms with van der Waals surface area (Å²) in [5.74, 6) is 8.91. The van der Waals surface area contributed by atoms with E-state index in [-0.39, 0.29) is 0 Å². The van der Waals surface area contributed by atoms with E-state index in [4.69, 9.17) is 0 Å². The summed E-state index contributed by atoms with van der Waals surface area (Å²) in [6.45, 7) is 7.76. The third-order valence-corrected chi connectivity index (χ3v) is 4.92. The highest BCUT2D eigenvalue weighted by atomic mass is 28.3. The van der Waals surface area contributed by atoms with Crippen molar-refractivity contribution >= 4 is 8.07 Å². The van der Waals surface area contributed by atoms with Gasteiger partial charge < -0.3 is 0 Å². The summed E-state index contributed by atoms with van der Waals surface area (Å²) in [6, 6.07) is 1.06. The van der Waals surface area contributed by atoms with E-state index >= 15 is 0 Å². The predicted octanol–water partition coefficient (Wildman–Crippen LogP) is 2.53. The maximum atomic E-state index is 3.24. The molecule has 0 aromatic rings. The molecule has 0 aromatic heterocycles. The van der Waals surface area contributed by atoms with Gasteiger partial charge in [0.25, 0.3) is 8.07 Å². The molecule has 0 N–H and O–H groups in total. The van der Waals surface area contributed by atoms with Crippen molar-refractivity contribution in [2.75, 3.05) is 0 Å². The van der Waals surface area contributed by atoms with Crippen LogP contribution in [0.3, 0.4) is 0 Å². The zero-order valence-electron chi connectivity index (χ0n) is 8.91. The monoisotopic (exact) mass is 188 g/mol. The summed E-state index contributed by atoms with van der Waals surface area (Å²) in [7, 11) is -1.88. The molecule has 0 rings (SSSR count). The third kappa shape index (κ3) is 3.89. The molecule has 0 radical (unpaired) electrons. The van der Waals surface area contributed by atoms with Crippen molar-refractivity contribution in [3.8, 4) is 34.4 Å². The summed E-state index contributed by atoms with van der Waals surface area (Å²) < 4.78 is 0. The molecule has 0 spiro atoms. The van der Waals surface area contributed by atoms with E-state index in [0.717, 1.165) is 12.5 Å². The van der Waals surface area contributed by atoms with Gasteiger partial charge in [0, 0.05) is 0 Å². The first kappa shape index (κ1) is 11.9. The lowest BCUT2D eigenvalue weighted by Gasteiger charge is -2.10. The van der Waals surface area contributed by atoms with Crippen LogP contribution in [0.4, 0.5) is 0 Å². The second-order valence-corrected chi connectivity index (χ2v) is 5.84. The molecule has 0 fully saturated rings. The average Bonchev–Trinajstić information content (AvgIpc) is 2.06. The second-order valence-electron chi connectivity index (χ2n) is 2.78. The molecule has 0 unspecified atom stereocenters. The van der Waals surface area contributed by atoms with Crippen LogP contribution in [0.15, 0.2) is 0 Å². The van der Waals surface area contributed by atoms with Gasteiger partial charge in [0.2, 0.25) is 0 Å². The first-order chi connectivity index (χ1) is 6.24. The molecule has 0 saturated heterocycles. The van der Waals surface area contributed by atoms with Gasteiger partial charge in [-0.3, -0.25) is 0 Å². The van der Waals surface area contributed by atoms with Crippen LogP contribution in [-0.4, -0.2) is 8.07 Å². The van der Waals surface area contributed by atoms with E-state index in [1.165, 1.54) is 0 Å². The fourth-order valence-electron chi connectivity index (χ4n) is 1.30. The molecular weight excluding hydrogens is 172 g/mol. The summed E-state index contributed by atoms with van der Waals surface area (Å²) >= 11 is 0. The molecule has 0 nitrogen and oxygen atoms in total. The molecule has 0 saturated carbocycles. The molecule has 0 aromatic carbocycles. The van der Waals surface area contributed by atoms with Crippen LogP contribution in [0.25, 0.3) is 0 Å². The molecule has 0 atom stereocenters. The lowest BCUT2D eigenvalue weighted by atomic mass is 10.6. The Balaban J connectivity index is 5.03. The Morgan fingerprint density at radius 1 is 0.846 bits per heavy atom. The van der Waals surface area contributed by atoms with E-state index in [0.29, 0.717) is 0 Å². The molecule has 68 valence electrons. The Hall–Kier alpha value is -1.10. The fraction of sp³-hybridized carbons (Fsp3) is 0.500. The maximum Gasteiger partial charge on any atom is 0.290 e. The molecule has 0 aliphatic rings. The lowest BCUT2D eigenvalue weighted by Crippen LogP contribution is -2.29. The van der Waals surface area contributed by atoms with Crippen LogP contribution in [0.2, 0.25) is 6.04 Å². The van der Waals surface area contributed by atoms with Crippen LogP contribution in [0, 0.1) is 34.4 Å². The minimum absolute atomic E-state index is 1.06. The topological polar surface area (TPSA) is 0 Å². The van der Waals surface area contributed by atoms with Gasteiger partial charge in [-0.1, -0.05) is 13.3 Å². The maximum absolute atomic E-state index is 3.24. The van der Waals surface area contributed by atoms with Gasteiger partial charge in [0.1, 0.15) is 0 Å². The van der Waals surface area contributed by atoms with Crippen molar-refractivity contribution in [2.24, 2.45) is 0 Å². The standard InChI is InChI=1S/C12H16Si/c1-5-9-13(10-6-2,11-7-3)12-8-4/h5,9H2,1-4H3. The Morgan fingerprint density at radius 2 is 1.23 bits per heavy atom. The van der Waals surface area contributed by atoms with E-state index < -0.39 is 8.07 Å². The smallest absolute Gasteiger partial charge is 0.111 e. The largest absolute Gasteiger partial charge is 0.290 e. The van der Waals surface area contributed by atoms with Crippen molar-refractivity contribution in [3.63, 3.8) is 0 Å². The fourth-order valence-corrected chi connectivity index (χ4v) is 3.89. The van der Waals surface area contributed by atoms with E-state index in [1.807, 2.05) is 20.8 Å². The van der Waals surface area contributed by atoms with Crippen molar-refractivity contribution in [2.45, 2.75) is 40.2 Å². The third-order valence-electron chi connectivity index (χ3n) is 1.64. The number of rotatable bonds is 2. The first-order valence-electron chi connectivity index (χ1n) is 4.56. The molecule has 0 aliphatic carbocycles. The second kappa shape index (κ2) is 6.42. The highest BCUT2D eigenvalue weighted by Crippen LogP contribution is 2.09. The van der Waals surface area contributed by atoms with Gasteiger partial charge in [0.15, 0.2) is 0 Å². The van der Waals surface area contributed by atoms with Crippen molar-refractivity contribution < 1.29 is 0 Å². The van der Waals surface area contributed by atoms with Crippen LogP contribution in [0.1, 0.15) is 34.1 Å². The lowest BCUT2D eigenvalue weighted by molar-refractivity contribution is 1.07. The summed E-state index contributed by atoms with van der Waals surface area (Å²) in [5, 5.41) is 0.